The maximum atomic E-state index is 13.7. The normalized spacial score (nSPS) is 25.7. The first-order valence-electron chi connectivity index (χ1n) is 11.9. The number of sulfone groups is 1. The number of carbonyl (C=O) groups is 1. The third kappa shape index (κ3) is 5.47. The number of carbonyl (C=O) groups excluding carboxylic acids is 1. The van der Waals surface area contributed by atoms with Crippen LogP contribution in [0.5, 0.6) is 0 Å². The van der Waals surface area contributed by atoms with Crippen molar-refractivity contribution in [1.29, 1.82) is 0 Å². The molecule has 0 heterocycles. The summed E-state index contributed by atoms with van der Waals surface area (Å²) in [6.45, 7) is -0.0617. The number of nitrogens with one attached hydrogen (secondary N) is 2. The minimum atomic E-state index is -4.03. The van der Waals surface area contributed by atoms with E-state index in [2.05, 4.69) is 10.6 Å². The Labute approximate surface area is 228 Å². The zero-order valence-corrected chi connectivity index (χ0v) is 22.4. The number of aliphatic hydroxyl groups excluding tert-OH is 1. The minimum absolute atomic E-state index is 0.0953. The Kier molecular flexibility index (Phi) is 8.51. The Morgan fingerprint density at radius 1 is 1.16 bits per heavy atom. The van der Waals surface area contributed by atoms with Gasteiger partial charge in [-0.1, -0.05) is 23.8 Å². The molecule has 0 radical (unpaired) electrons. The van der Waals surface area contributed by atoms with Gasteiger partial charge in [0.25, 0.3) is 5.91 Å². The molecule has 0 saturated heterocycles. The highest BCUT2D eigenvalue weighted by Crippen LogP contribution is 2.52. The molecule has 0 spiro atoms. The number of aliphatic hydroxyl groups is 2. The van der Waals surface area contributed by atoms with Gasteiger partial charge < -0.3 is 20.8 Å². The summed E-state index contributed by atoms with van der Waals surface area (Å²) < 4.78 is 67.6. The lowest BCUT2D eigenvalue weighted by Gasteiger charge is -2.43. The van der Waals surface area contributed by atoms with Crippen molar-refractivity contribution in [2.45, 2.75) is 47.5 Å². The van der Waals surface area contributed by atoms with Gasteiger partial charge in [0.05, 0.1) is 33.4 Å². The number of halogens is 4. The molecule has 7 nitrogen and oxygen atoms in total. The van der Waals surface area contributed by atoms with E-state index in [0.29, 0.717) is 25.0 Å². The van der Waals surface area contributed by atoms with Gasteiger partial charge in [0.15, 0.2) is 27.3 Å². The average molecular weight is 591 g/mol. The zero-order chi connectivity index (χ0) is 27.8. The van der Waals surface area contributed by atoms with Gasteiger partial charge in [-0.05, 0) is 61.1 Å². The van der Waals surface area contributed by atoms with Crippen LogP contribution >= 0.6 is 23.8 Å². The van der Waals surface area contributed by atoms with Crippen molar-refractivity contribution in [3.05, 3.63) is 58.4 Å². The number of amides is 1. The molecule has 2 aliphatic carbocycles. The molecule has 4 N–H and O–H groups in total. The summed E-state index contributed by atoms with van der Waals surface area (Å²) in [7, 11) is -4.03. The van der Waals surface area contributed by atoms with Gasteiger partial charge in [-0.25, -0.2) is 21.6 Å². The zero-order valence-electron chi connectivity index (χ0n) is 20.0. The van der Waals surface area contributed by atoms with Crippen LogP contribution < -0.4 is 10.6 Å². The first-order chi connectivity index (χ1) is 17.9. The second kappa shape index (κ2) is 11.2. The van der Waals surface area contributed by atoms with Crippen LogP contribution in [-0.4, -0.2) is 59.9 Å². The molecule has 3 unspecified atom stereocenters. The second-order valence-corrected chi connectivity index (χ2v) is 12.6. The van der Waals surface area contributed by atoms with Crippen molar-refractivity contribution in [1.82, 2.24) is 5.32 Å². The first-order valence-corrected chi connectivity index (χ1v) is 14.3. The van der Waals surface area contributed by atoms with Crippen molar-refractivity contribution in [2.24, 2.45) is 11.8 Å². The predicted octanol–water partition coefficient (Wildman–Crippen LogP) is 3.65. The Bertz CT molecular complexity index is 1320. The molecule has 2 aliphatic rings. The summed E-state index contributed by atoms with van der Waals surface area (Å²) in [5.74, 6) is -6.16. The standard InChI is InChI=1S/C25H26ClF3N2O5S2/c26-19-4-1-13(24(33)31-16-8-20(27)23(29)21(28)9-16)5-22(19)38(35,36)18-6-14-2-3-15(7-18)25(14,34)12-30-17(10-32)11-37/h1,4-5,8-9,11,14-15,17-18,30,32,34H,2-3,6-7,10,12H2,(H,31,33)/t14?,15?,17?,18-,25-. The second-order valence-electron chi connectivity index (χ2n) is 9.76. The Hall–Kier alpha value is -2.09. The van der Waals surface area contributed by atoms with Crippen molar-refractivity contribution in [3.8, 4) is 0 Å². The van der Waals surface area contributed by atoms with Crippen LogP contribution in [0.1, 0.15) is 36.0 Å². The third-order valence-electron chi connectivity index (χ3n) is 7.56. The van der Waals surface area contributed by atoms with Gasteiger partial charge in [-0.3, -0.25) is 4.79 Å². The summed E-state index contributed by atoms with van der Waals surface area (Å²) in [4.78, 5) is 12.4. The minimum Gasteiger partial charge on any atom is -0.394 e. The maximum absolute atomic E-state index is 13.7. The monoisotopic (exact) mass is 590 g/mol. The van der Waals surface area contributed by atoms with Gasteiger partial charge in [0, 0.05) is 29.9 Å². The molecular weight excluding hydrogens is 565 g/mol. The Morgan fingerprint density at radius 3 is 2.32 bits per heavy atom. The highest BCUT2D eigenvalue weighted by atomic mass is 35.5. The fraction of sp³-hybridized carbons (Fsp3) is 0.440. The van der Waals surface area contributed by atoms with Crippen molar-refractivity contribution in [3.63, 3.8) is 0 Å². The number of rotatable bonds is 9. The fourth-order valence-corrected chi connectivity index (χ4v) is 8.06. The molecule has 0 aromatic heterocycles. The van der Waals surface area contributed by atoms with Crippen molar-refractivity contribution in [2.75, 3.05) is 18.5 Å². The van der Waals surface area contributed by atoms with Crippen LogP contribution in [-0.2, 0) is 9.84 Å². The molecule has 2 aromatic rings. The van der Waals surface area contributed by atoms with Crippen LogP contribution in [0.2, 0.25) is 5.02 Å². The summed E-state index contributed by atoms with van der Waals surface area (Å²) in [5, 5.41) is 26.4. The predicted molar refractivity (Wildman–Crippen MR) is 140 cm³/mol. The lowest BCUT2D eigenvalue weighted by atomic mass is 9.74. The molecule has 2 saturated carbocycles. The SMILES string of the molecule is O=C(Nc1cc(F)c(F)c(F)c1)c1ccc(Cl)c(S(=O)(=O)[C@H]2CC3CCC(C2)[C@]3(O)CNC(C=S)CO)c1. The van der Waals surface area contributed by atoms with Gasteiger partial charge >= 0.3 is 0 Å². The summed E-state index contributed by atoms with van der Waals surface area (Å²) in [5.41, 5.74) is -1.63. The highest BCUT2D eigenvalue weighted by Gasteiger charge is 2.55. The van der Waals surface area contributed by atoms with Crippen molar-refractivity contribution >= 4 is 50.6 Å². The number of thiocarbonyl (C=S) groups is 1. The molecular formula is C25H26ClF3N2O5S2. The van der Waals surface area contributed by atoms with E-state index in [4.69, 9.17) is 23.8 Å². The smallest absolute Gasteiger partial charge is 0.255 e. The summed E-state index contributed by atoms with van der Waals surface area (Å²) in [6, 6.07) is 4.34. The van der Waals surface area contributed by atoms with Gasteiger partial charge in [-0.2, -0.15) is 0 Å². The average Bonchev–Trinajstić information content (AvgIpc) is 3.03. The van der Waals surface area contributed by atoms with E-state index in [0.717, 1.165) is 6.07 Å². The van der Waals surface area contributed by atoms with Gasteiger partial charge in [0.1, 0.15) is 0 Å². The largest absolute Gasteiger partial charge is 0.394 e. The van der Waals surface area contributed by atoms with E-state index in [1.807, 2.05) is 0 Å². The molecule has 4 rings (SSSR count). The Balaban J connectivity index is 1.54. The quantitative estimate of drug-likeness (QED) is 0.260. The lowest BCUT2D eigenvalue weighted by molar-refractivity contribution is -0.0574. The van der Waals surface area contributed by atoms with E-state index < -0.39 is 50.1 Å². The van der Waals surface area contributed by atoms with E-state index in [1.165, 1.54) is 17.5 Å². The molecule has 1 amide bonds. The van der Waals surface area contributed by atoms with E-state index in [9.17, 15) is 36.6 Å². The number of anilines is 1. The molecule has 2 aromatic carbocycles. The number of hydrogen-bond acceptors (Lipinski definition) is 7. The van der Waals surface area contributed by atoms with E-state index in [1.54, 1.807) is 0 Å². The van der Waals surface area contributed by atoms with Crippen LogP contribution in [0.3, 0.4) is 0 Å². The number of benzene rings is 2. The van der Waals surface area contributed by atoms with Crippen LogP contribution in [0.4, 0.5) is 18.9 Å². The molecule has 2 bridgehead atoms. The summed E-state index contributed by atoms with van der Waals surface area (Å²) in [6.07, 6.45) is 1.63. The van der Waals surface area contributed by atoms with Crippen LogP contribution in [0.15, 0.2) is 35.2 Å². The Morgan fingerprint density at radius 2 is 1.76 bits per heavy atom. The third-order valence-corrected chi connectivity index (χ3v) is 10.5. The molecule has 206 valence electrons. The fourth-order valence-electron chi connectivity index (χ4n) is 5.48. The molecule has 13 heteroatoms. The van der Waals surface area contributed by atoms with Crippen LogP contribution in [0, 0.1) is 29.3 Å². The van der Waals surface area contributed by atoms with Crippen molar-refractivity contribution < 1.29 is 36.6 Å². The van der Waals surface area contributed by atoms with E-state index >= 15 is 0 Å². The number of fused-ring (bicyclic) bond motifs is 2. The molecule has 38 heavy (non-hydrogen) atoms. The van der Waals surface area contributed by atoms with Crippen LogP contribution in [0.25, 0.3) is 0 Å². The lowest BCUT2D eigenvalue weighted by Crippen LogP contribution is -2.55. The number of hydrogen-bond donors (Lipinski definition) is 4. The summed E-state index contributed by atoms with van der Waals surface area (Å²) >= 11 is 11.1. The topological polar surface area (TPSA) is 116 Å². The van der Waals surface area contributed by atoms with Gasteiger partial charge in [0.2, 0.25) is 0 Å². The van der Waals surface area contributed by atoms with E-state index in [-0.39, 0.29) is 59.0 Å². The molecule has 3 atom stereocenters. The molecule has 2 fully saturated rings. The maximum Gasteiger partial charge on any atom is 0.255 e. The first kappa shape index (κ1) is 28.9. The molecule has 0 aliphatic heterocycles. The van der Waals surface area contributed by atoms with Gasteiger partial charge in [-0.15, -0.1) is 0 Å². The highest BCUT2D eigenvalue weighted by molar-refractivity contribution is 7.92.